The number of anilines is 1. The van der Waals surface area contributed by atoms with Gasteiger partial charge >= 0.3 is 0 Å². The van der Waals surface area contributed by atoms with Gasteiger partial charge in [-0.3, -0.25) is 4.68 Å². The summed E-state index contributed by atoms with van der Waals surface area (Å²) in [5, 5.41) is 7.72. The Morgan fingerprint density at radius 3 is 2.90 bits per heavy atom. The van der Waals surface area contributed by atoms with Crippen LogP contribution in [0.15, 0.2) is 18.7 Å². The molecule has 6 nitrogen and oxygen atoms in total. The smallest absolute Gasteiger partial charge is 0.134 e. The summed E-state index contributed by atoms with van der Waals surface area (Å²) in [6.07, 6.45) is 7.75. The van der Waals surface area contributed by atoms with Gasteiger partial charge in [-0.1, -0.05) is 12.2 Å². The number of hydrogen-bond donors (Lipinski definition) is 2. The van der Waals surface area contributed by atoms with E-state index in [9.17, 15) is 0 Å². The first-order valence-electron chi connectivity index (χ1n) is 6.62. The molecule has 2 aromatic heterocycles. The van der Waals surface area contributed by atoms with E-state index in [0.29, 0.717) is 4.99 Å². The second-order valence-corrected chi connectivity index (χ2v) is 5.17. The third-order valence-corrected chi connectivity index (χ3v) is 3.37. The zero-order chi connectivity index (χ0) is 14.5. The number of hydrogen-bond acceptors (Lipinski definition) is 4. The highest BCUT2D eigenvalue weighted by Crippen LogP contribution is 2.18. The molecule has 0 amide bonds. The van der Waals surface area contributed by atoms with Gasteiger partial charge in [0.05, 0.1) is 17.6 Å². The number of thiocarbonyl (C=S) groups is 1. The summed E-state index contributed by atoms with van der Waals surface area (Å²) < 4.78 is 3.87. The molecule has 0 saturated heterocycles. The van der Waals surface area contributed by atoms with E-state index in [4.69, 9.17) is 18.0 Å². The molecule has 0 aliphatic heterocycles. The summed E-state index contributed by atoms with van der Waals surface area (Å²) in [5.41, 5.74) is 7.46. The van der Waals surface area contributed by atoms with E-state index in [-0.39, 0.29) is 0 Å². The summed E-state index contributed by atoms with van der Waals surface area (Å²) in [7, 11) is 1.89. The van der Waals surface area contributed by atoms with Gasteiger partial charge in [0.1, 0.15) is 10.8 Å². The van der Waals surface area contributed by atoms with Crippen LogP contribution in [0.25, 0.3) is 0 Å². The van der Waals surface area contributed by atoms with E-state index < -0.39 is 0 Å². The molecule has 2 rings (SSSR count). The van der Waals surface area contributed by atoms with Crippen LogP contribution in [0.1, 0.15) is 24.1 Å². The third kappa shape index (κ3) is 3.36. The third-order valence-electron chi connectivity index (χ3n) is 3.16. The van der Waals surface area contributed by atoms with Gasteiger partial charge in [0.15, 0.2) is 0 Å². The summed E-state index contributed by atoms with van der Waals surface area (Å²) in [4.78, 5) is 4.41. The Labute approximate surface area is 124 Å². The molecular weight excluding hydrogens is 272 g/mol. The first-order valence-corrected chi connectivity index (χ1v) is 7.03. The van der Waals surface area contributed by atoms with Gasteiger partial charge in [0, 0.05) is 32.5 Å². The molecule has 0 bridgehead atoms. The normalized spacial score (nSPS) is 10.7. The van der Waals surface area contributed by atoms with Crippen LogP contribution in [0, 0.1) is 6.92 Å². The number of aromatic nitrogens is 4. The maximum atomic E-state index is 5.75. The van der Waals surface area contributed by atoms with Crippen molar-refractivity contribution in [1.82, 2.24) is 19.3 Å². The Morgan fingerprint density at radius 2 is 2.25 bits per heavy atom. The van der Waals surface area contributed by atoms with Crippen LogP contribution in [-0.4, -0.2) is 30.9 Å². The Kier molecular flexibility index (Phi) is 4.73. The molecular formula is C13H20N6S. The zero-order valence-corrected chi connectivity index (χ0v) is 12.7. The second kappa shape index (κ2) is 6.51. The second-order valence-electron chi connectivity index (χ2n) is 4.73. The van der Waals surface area contributed by atoms with Crippen LogP contribution in [0.4, 0.5) is 5.82 Å². The SMILES string of the molecule is Cc1nn(C)c(NCCCCn2ccnc2)c1C(N)=S. The largest absolute Gasteiger partial charge is 0.389 e. The van der Waals surface area contributed by atoms with Crippen molar-refractivity contribution >= 4 is 23.0 Å². The van der Waals surface area contributed by atoms with Crippen molar-refractivity contribution in [3.63, 3.8) is 0 Å². The van der Waals surface area contributed by atoms with Gasteiger partial charge in [-0.05, 0) is 19.8 Å². The quantitative estimate of drug-likeness (QED) is 0.597. The monoisotopic (exact) mass is 292 g/mol. The Morgan fingerprint density at radius 1 is 1.45 bits per heavy atom. The first kappa shape index (κ1) is 14.5. The van der Waals surface area contributed by atoms with Crippen LogP contribution in [0.5, 0.6) is 0 Å². The van der Waals surface area contributed by atoms with E-state index in [1.54, 1.807) is 10.9 Å². The number of nitrogens with zero attached hydrogens (tertiary/aromatic N) is 4. The molecule has 0 unspecified atom stereocenters. The molecule has 0 fully saturated rings. The fourth-order valence-electron chi connectivity index (χ4n) is 2.20. The molecule has 2 aromatic rings. The van der Waals surface area contributed by atoms with Crippen molar-refractivity contribution in [2.24, 2.45) is 12.8 Å². The molecule has 20 heavy (non-hydrogen) atoms. The molecule has 0 spiro atoms. The van der Waals surface area contributed by atoms with Crippen LogP contribution in [0.2, 0.25) is 0 Å². The number of nitrogens with two attached hydrogens (primary N) is 1. The molecule has 0 saturated carbocycles. The Balaban J connectivity index is 1.83. The number of aryl methyl sites for hydroxylation is 3. The Hall–Kier alpha value is -1.89. The number of rotatable bonds is 7. The average Bonchev–Trinajstić information content (AvgIpc) is 2.97. The van der Waals surface area contributed by atoms with Crippen molar-refractivity contribution in [3.8, 4) is 0 Å². The fraction of sp³-hybridized carbons (Fsp3) is 0.462. The summed E-state index contributed by atoms with van der Waals surface area (Å²) in [6, 6.07) is 0. The predicted molar refractivity (Wildman–Crippen MR) is 83.8 cm³/mol. The van der Waals surface area contributed by atoms with E-state index in [1.165, 1.54) is 0 Å². The highest BCUT2D eigenvalue weighted by Gasteiger charge is 2.14. The Bertz CT molecular complexity index is 572. The molecule has 0 aliphatic carbocycles. The van der Waals surface area contributed by atoms with E-state index in [0.717, 1.165) is 43.0 Å². The van der Waals surface area contributed by atoms with Crippen molar-refractivity contribution < 1.29 is 0 Å². The maximum absolute atomic E-state index is 5.75. The highest BCUT2D eigenvalue weighted by molar-refractivity contribution is 7.80. The maximum Gasteiger partial charge on any atom is 0.134 e. The summed E-state index contributed by atoms with van der Waals surface area (Å²) in [5.74, 6) is 0.901. The van der Waals surface area contributed by atoms with Gasteiger partial charge in [0.25, 0.3) is 0 Å². The van der Waals surface area contributed by atoms with Crippen molar-refractivity contribution in [3.05, 3.63) is 30.0 Å². The molecule has 7 heteroatoms. The van der Waals surface area contributed by atoms with E-state index in [2.05, 4.69) is 20.0 Å². The van der Waals surface area contributed by atoms with Crippen molar-refractivity contribution in [2.75, 3.05) is 11.9 Å². The molecule has 0 atom stereocenters. The average molecular weight is 292 g/mol. The molecule has 3 N–H and O–H groups in total. The lowest BCUT2D eigenvalue weighted by atomic mass is 10.2. The van der Waals surface area contributed by atoms with Crippen molar-refractivity contribution in [2.45, 2.75) is 26.3 Å². The minimum Gasteiger partial charge on any atom is -0.389 e. The lowest BCUT2D eigenvalue weighted by molar-refractivity contribution is 0.619. The van der Waals surface area contributed by atoms with Gasteiger partial charge < -0.3 is 15.6 Å². The van der Waals surface area contributed by atoms with Crippen LogP contribution in [-0.2, 0) is 13.6 Å². The van der Waals surface area contributed by atoms with Crippen molar-refractivity contribution in [1.29, 1.82) is 0 Å². The fourth-order valence-corrected chi connectivity index (χ4v) is 2.45. The lowest BCUT2D eigenvalue weighted by Gasteiger charge is -2.09. The van der Waals surface area contributed by atoms with Gasteiger partial charge in [-0.15, -0.1) is 0 Å². The van der Waals surface area contributed by atoms with E-state index in [1.807, 2.05) is 26.5 Å². The highest BCUT2D eigenvalue weighted by atomic mass is 32.1. The topological polar surface area (TPSA) is 73.7 Å². The lowest BCUT2D eigenvalue weighted by Crippen LogP contribution is -2.15. The summed E-state index contributed by atoms with van der Waals surface area (Å²) >= 11 is 5.08. The van der Waals surface area contributed by atoms with Crippen LogP contribution in [0.3, 0.4) is 0 Å². The van der Waals surface area contributed by atoms with E-state index >= 15 is 0 Å². The van der Waals surface area contributed by atoms with Crippen LogP contribution >= 0.6 is 12.2 Å². The van der Waals surface area contributed by atoms with Gasteiger partial charge in [-0.2, -0.15) is 5.10 Å². The molecule has 108 valence electrons. The minimum absolute atomic E-state index is 0.386. The predicted octanol–water partition coefficient (Wildman–Crippen LogP) is 1.45. The first-order chi connectivity index (χ1) is 9.59. The molecule has 0 aliphatic rings. The summed E-state index contributed by atoms with van der Waals surface area (Å²) in [6.45, 7) is 3.76. The molecule has 2 heterocycles. The zero-order valence-electron chi connectivity index (χ0n) is 11.8. The van der Waals surface area contributed by atoms with Crippen LogP contribution < -0.4 is 11.1 Å². The van der Waals surface area contributed by atoms with Gasteiger partial charge in [0.2, 0.25) is 0 Å². The molecule has 0 radical (unpaired) electrons. The standard InChI is InChI=1S/C13H20N6S/c1-10-11(12(14)20)13(18(2)17-10)16-5-3-4-7-19-8-6-15-9-19/h6,8-9,16H,3-5,7H2,1-2H3,(H2,14,20). The molecule has 0 aromatic carbocycles. The number of nitrogens with one attached hydrogen (secondary N) is 1. The number of imidazole rings is 1. The minimum atomic E-state index is 0.386. The van der Waals surface area contributed by atoms with Gasteiger partial charge in [-0.25, -0.2) is 4.98 Å². The number of unbranched alkanes of at least 4 members (excludes halogenated alkanes) is 1.